The number of ether oxygens (including phenoxy) is 1. The third kappa shape index (κ3) is 5.61. The van der Waals surface area contributed by atoms with Gasteiger partial charge in [0.1, 0.15) is 0 Å². The number of carbonyl (C=O) groups excluding carboxylic acids is 3. The predicted molar refractivity (Wildman–Crippen MR) is 125 cm³/mol. The second-order valence-corrected chi connectivity index (χ2v) is 8.91. The van der Waals surface area contributed by atoms with Gasteiger partial charge in [-0.15, -0.1) is 0 Å². The summed E-state index contributed by atoms with van der Waals surface area (Å²) >= 11 is 0. The van der Waals surface area contributed by atoms with E-state index in [0.717, 1.165) is 16.9 Å². The van der Waals surface area contributed by atoms with Crippen molar-refractivity contribution < 1.29 is 19.1 Å². The minimum absolute atomic E-state index is 0.0177. The second-order valence-electron chi connectivity index (χ2n) is 8.91. The van der Waals surface area contributed by atoms with Gasteiger partial charge in [-0.1, -0.05) is 31.5 Å². The number of piperidine rings is 1. The molecule has 0 bridgehead atoms. The number of likely N-dealkylation sites (N-methyl/N-ethyl adjacent to an activating group) is 1. The molecule has 1 aromatic heterocycles. The van der Waals surface area contributed by atoms with Crippen LogP contribution in [0.5, 0.6) is 0 Å². The van der Waals surface area contributed by atoms with Crippen LogP contribution in [0.2, 0.25) is 0 Å². The van der Waals surface area contributed by atoms with E-state index in [-0.39, 0.29) is 36.2 Å². The summed E-state index contributed by atoms with van der Waals surface area (Å²) < 4.78 is 6.89. The van der Waals surface area contributed by atoms with Gasteiger partial charge < -0.3 is 14.5 Å². The molecule has 0 aliphatic carbocycles. The number of hydrogen-bond donors (Lipinski definition) is 0. The van der Waals surface area contributed by atoms with Gasteiger partial charge in [-0.2, -0.15) is 5.10 Å². The van der Waals surface area contributed by atoms with Crippen LogP contribution in [0.4, 0.5) is 0 Å². The van der Waals surface area contributed by atoms with Crippen molar-refractivity contribution in [3.8, 4) is 5.69 Å². The van der Waals surface area contributed by atoms with Crippen molar-refractivity contribution >= 4 is 17.8 Å². The van der Waals surface area contributed by atoms with Crippen molar-refractivity contribution in [2.45, 2.75) is 46.5 Å². The molecule has 178 valence electrons. The Hall–Kier alpha value is -3.16. The van der Waals surface area contributed by atoms with Crippen LogP contribution in [-0.4, -0.2) is 70.7 Å². The molecule has 0 saturated carbocycles. The lowest BCUT2D eigenvalue weighted by Gasteiger charge is -2.32. The van der Waals surface area contributed by atoms with Gasteiger partial charge in [-0.25, -0.2) is 4.68 Å². The van der Waals surface area contributed by atoms with Crippen LogP contribution in [0.1, 0.15) is 61.1 Å². The first-order valence-electron chi connectivity index (χ1n) is 11.6. The molecule has 1 aliphatic rings. The Morgan fingerprint density at radius 1 is 1.15 bits per heavy atom. The lowest BCUT2D eigenvalue weighted by molar-refractivity contribution is -0.151. The fourth-order valence-electron chi connectivity index (χ4n) is 4.17. The summed E-state index contributed by atoms with van der Waals surface area (Å²) in [6.07, 6.45) is 2.76. The van der Waals surface area contributed by atoms with Crippen molar-refractivity contribution in [1.82, 2.24) is 19.6 Å². The van der Waals surface area contributed by atoms with Gasteiger partial charge in [0.05, 0.1) is 42.2 Å². The molecule has 1 fully saturated rings. The molecule has 1 aliphatic heterocycles. The monoisotopic (exact) mass is 454 g/mol. The molecule has 0 radical (unpaired) electrons. The topological polar surface area (TPSA) is 84.7 Å². The Kier molecular flexibility index (Phi) is 7.89. The van der Waals surface area contributed by atoms with Gasteiger partial charge in [0.25, 0.3) is 5.91 Å². The number of amides is 2. The summed E-state index contributed by atoms with van der Waals surface area (Å²) in [4.78, 5) is 41.1. The number of benzene rings is 1. The van der Waals surface area contributed by atoms with Crippen molar-refractivity contribution in [2.75, 3.05) is 33.3 Å². The van der Waals surface area contributed by atoms with Crippen molar-refractivity contribution in [3.63, 3.8) is 0 Å². The normalized spacial score (nSPS) is 14.4. The molecule has 2 heterocycles. The number of aromatic nitrogens is 2. The summed E-state index contributed by atoms with van der Waals surface area (Å²) in [5, 5.41) is 4.48. The number of nitrogens with zero attached hydrogens (tertiary/aromatic N) is 4. The molecule has 2 aromatic rings. The number of rotatable bonds is 7. The molecular formula is C25H34N4O4. The first kappa shape index (κ1) is 24.5. The molecule has 0 N–H and O–H groups in total. The van der Waals surface area contributed by atoms with Crippen molar-refractivity contribution in [1.29, 1.82) is 0 Å². The number of carbonyl (C=O) groups is 3. The van der Waals surface area contributed by atoms with E-state index >= 15 is 0 Å². The summed E-state index contributed by atoms with van der Waals surface area (Å²) in [6.45, 7) is 9.20. The van der Waals surface area contributed by atoms with Crippen LogP contribution in [-0.2, 0) is 14.3 Å². The van der Waals surface area contributed by atoms with Gasteiger partial charge in [0.2, 0.25) is 5.91 Å². The van der Waals surface area contributed by atoms with E-state index in [1.165, 1.54) is 4.90 Å². The van der Waals surface area contributed by atoms with E-state index in [1.807, 2.05) is 45.0 Å². The van der Waals surface area contributed by atoms with Gasteiger partial charge in [-0.05, 0) is 44.7 Å². The van der Waals surface area contributed by atoms with E-state index in [0.29, 0.717) is 38.1 Å². The third-order valence-electron chi connectivity index (χ3n) is 6.05. The summed E-state index contributed by atoms with van der Waals surface area (Å²) in [7, 11) is 1.64. The van der Waals surface area contributed by atoms with Crippen LogP contribution >= 0.6 is 0 Å². The van der Waals surface area contributed by atoms with E-state index in [1.54, 1.807) is 29.7 Å². The van der Waals surface area contributed by atoms with Crippen LogP contribution in [0.3, 0.4) is 0 Å². The Balaban J connectivity index is 1.67. The van der Waals surface area contributed by atoms with Crippen LogP contribution in [0.25, 0.3) is 5.69 Å². The molecule has 33 heavy (non-hydrogen) atoms. The minimum Gasteiger partial charge on any atom is -0.466 e. The summed E-state index contributed by atoms with van der Waals surface area (Å²) in [6, 6.07) is 7.99. The maximum absolute atomic E-state index is 13.2. The maximum atomic E-state index is 13.2. The van der Waals surface area contributed by atoms with Gasteiger partial charge in [0.15, 0.2) is 0 Å². The molecular weight excluding hydrogens is 420 g/mol. The summed E-state index contributed by atoms with van der Waals surface area (Å²) in [5.41, 5.74) is 3.37. The fourth-order valence-corrected chi connectivity index (χ4v) is 4.17. The SMILES string of the molecule is CCOC(=O)C1CCN(C(=O)CN(C)C(=O)c2cnn(-c3ccc(C)cc3)c2C(C)C)CC1. The number of hydrogen-bond acceptors (Lipinski definition) is 5. The molecule has 0 atom stereocenters. The van der Waals surface area contributed by atoms with E-state index in [2.05, 4.69) is 5.10 Å². The molecule has 3 rings (SSSR count). The average Bonchev–Trinajstić information content (AvgIpc) is 3.24. The zero-order valence-electron chi connectivity index (χ0n) is 20.2. The van der Waals surface area contributed by atoms with Crippen molar-refractivity contribution in [3.05, 3.63) is 47.3 Å². The van der Waals surface area contributed by atoms with Gasteiger partial charge in [0, 0.05) is 20.1 Å². The molecule has 1 saturated heterocycles. The standard InChI is InChI=1S/C25H34N4O4/c1-6-33-25(32)19-11-13-28(14-12-19)22(30)16-27(5)24(31)21-15-26-29(23(21)17(2)3)20-9-7-18(4)8-10-20/h7-10,15,17,19H,6,11-14,16H2,1-5H3. The smallest absolute Gasteiger partial charge is 0.309 e. The van der Waals surface area contributed by atoms with E-state index in [9.17, 15) is 14.4 Å². The molecule has 2 amide bonds. The highest BCUT2D eigenvalue weighted by Gasteiger charge is 2.30. The predicted octanol–water partition coefficient (Wildman–Crippen LogP) is 3.18. The molecule has 8 heteroatoms. The quantitative estimate of drug-likeness (QED) is 0.600. The highest BCUT2D eigenvalue weighted by Crippen LogP contribution is 2.25. The fraction of sp³-hybridized carbons (Fsp3) is 0.520. The maximum Gasteiger partial charge on any atom is 0.309 e. The first-order valence-corrected chi connectivity index (χ1v) is 11.6. The Morgan fingerprint density at radius 3 is 2.36 bits per heavy atom. The number of esters is 1. The average molecular weight is 455 g/mol. The number of likely N-dealkylation sites (tertiary alicyclic amines) is 1. The molecule has 0 unspecified atom stereocenters. The number of aryl methyl sites for hydroxylation is 1. The van der Waals surface area contributed by atoms with Gasteiger partial charge in [-0.3, -0.25) is 14.4 Å². The van der Waals surface area contributed by atoms with E-state index < -0.39 is 0 Å². The van der Waals surface area contributed by atoms with Crippen molar-refractivity contribution in [2.24, 2.45) is 5.92 Å². The zero-order valence-corrected chi connectivity index (χ0v) is 20.2. The molecule has 8 nitrogen and oxygen atoms in total. The molecule has 0 spiro atoms. The largest absolute Gasteiger partial charge is 0.466 e. The van der Waals surface area contributed by atoms with Crippen LogP contribution in [0, 0.1) is 12.8 Å². The highest BCUT2D eigenvalue weighted by atomic mass is 16.5. The lowest BCUT2D eigenvalue weighted by Crippen LogP contribution is -2.45. The Morgan fingerprint density at radius 2 is 1.79 bits per heavy atom. The lowest BCUT2D eigenvalue weighted by atomic mass is 9.97. The first-order chi connectivity index (χ1) is 15.7. The second kappa shape index (κ2) is 10.6. The highest BCUT2D eigenvalue weighted by molar-refractivity contribution is 5.97. The van der Waals surface area contributed by atoms with Crippen LogP contribution in [0.15, 0.2) is 30.5 Å². The zero-order chi connectivity index (χ0) is 24.1. The Labute approximate surface area is 195 Å². The molecule has 1 aromatic carbocycles. The Bertz CT molecular complexity index is 988. The third-order valence-corrected chi connectivity index (χ3v) is 6.05. The van der Waals surface area contributed by atoms with E-state index in [4.69, 9.17) is 4.74 Å². The summed E-state index contributed by atoms with van der Waals surface area (Å²) in [5.74, 6) is -0.631. The van der Waals surface area contributed by atoms with Crippen LogP contribution < -0.4 is 0 Å². The minimum atomic E-state index is -0.230. The van der Waals surface area contributed by atoms with Gasteiger partial charge >= 0.3 is 5.97 Å².